The van der Waals surface area contributed by atoms with Crippen molar-refractivity contribution in [3.63, 3.8) is 0 Å². The summed E-state index contributed by atoms with van der Waals surface area (Å²) in [4.78, 5) is 18.1. The van der Waals surface area contributed by atoms with Gasteiger partial charge in [-0.15, -0.1) is 0 Å². The van der Waals surface area contributed by atoms with E-state index >= 15 is 0 Å². The van der Waals surface area contributed by atoms with Crippen molar-refractivity contribution in [1.29, 1.82) is 0 Å². The fourth-order valence-corrected chi connectivity index (χ4v) is 3.64. The average molecular weight is 471 g/mol. The first-order chi connectivity index (χ1) is 16.2. The summed E-state index contributed by atoms with van der Waals surface area (Å²) in [5.74, 6) is 0.572. The van der Waals surface area contributed by atoms with Crippen LogP contribution in [-0.4, -0.2) is 57.3 Å². The van der Waals surface area contributed by atoms with Gasteiger partial charge in [-0.05, 0) is 24.5 Å². The van der Waals surface area contributed by atoms with Crippen LogP contribution in [-0.2, 0) is 30.3 Å². The topological polar surface area (TPSA) is 87.9 Å². The summed E-state index contributed by atoms with van der Waals surface area (Å²) >= 11 is 0. The van der Waals surface area contributed by atoms with E-state index in [9.17, 15) is 0 Å². The van der Waals surface area contributed by atoms with Crippen LogP contribution in [0.5, 0.6) is 5.75 Å². The average Bonchev–Trinajstić information content (AvgIpc) is 2.81. The van der Waals surface area contributed by atoms with Crippen molar-refractivity contribution in [3.8, 4) is 5.75 Å². The molecule has 8 heteroatoms. The molecular formula is C26H34N2O6. The monoisotopic (exact) mass is 470 g/mol. The molecule has 3 aliphatic rings. The maximum atomic E-state index is 8.95. The van der Waals surface area contributed by atoms with Gasteiger partial charge in [-0.25, -0.2) is 0 Å². The van der Waals surface area contributed by atoms with Gasteiger partial charge >= 0.3 is 0 Å². The molecule has 1 aromatic carbocycles. The van der Waals surface area contributed by atoms with Crippen LogP contribution in [0.4, 0.5) is 0 Å². The minimum absolute atomic E-state index is 0.375. The van der Waals surface area contributed by atoms with Crippen LogP contribution < -0.4 is 4.74 Å². The molecule has 0 unspecified atom stereocenters. The third-order valence-corrected chi connectivity index (χ3v) is 5.30. The highest BCUT2D eigenvalue weighted by atomic mass is 16.7. The van der Waals surface area contributed by atoms with Gasteiger partial charge in [0.05, 0.1) is 33.4 Å². The lowest BCUT2D eigenvalue weighted by atomic mass is 9.97. The van der Waals surface area contributed by atoms with E-state index in [1.807, 2.05) is 58.3 Å². The molecule has 0 fully saturated rings. The van der Waals surface area contributed by atoms with Crippen LogP contribution >= 0.6 is 0 Å². The van der Waals surface area contributed by atoms with Gasteiger partial charge in [0.25, 0.3) is 6.47 Å². The molecule has 0 atom stereocenters. The van der Waals surface area contributed by atoms with Crippen LogP contribution in [0.1, 0.15) is 51.7 Å². The van der Waals surface area contributed by atoms with Crippen LogP contribution in [0.3, 0.4) is 0 Å². The molecule has 1 aliphatic carbocycles. The summed E-state index contributed by atoms with van der Waals surface area (Å²) in [6.45, 7) is 10.5. The minimum atomic E-state index is -0.622. The number of hydrogen-bond acceptors (Lipinski definition) is 8. The third kappa shape index (κ3) is 7.01. The Bertz CT molecular complexity index is 991. The van der Waals surface area contributed by atoms with E-state index in [2.05, 4.69) is 20.8 Å². The molecule has 2 heterocycles. The first kappa shape index (κ1) is 25.6. The molecule has 0 spiro atoms. The Morgan fingerprint density at radius 2 is 1.68 bits per heavy atom. The van der Waals surface area contributed by atoms with E-state index in [1.54, 1.807) is 0 Å². The summed E-state index contributed by atoms with van der Waals surface area (Å²) in [6, 6.07) is 6.03. The number of para-hydroxylation sites is 1. The van der Waals surface area contributed by atoms with Crippen LogP contribution in [0.25, 0.3) is 0 Å². The Labute approximate surface area is 201 Å². The highest BCUT2D eigenvalue weighted by Gasteiger charge is 2.31. The quantitative estimate of drug-likeness (QED) is 0.349. The second kappa shape index (κ2) is 11.4. The van der Waals surface area contributed by atoms with Gasteiger partial charge in [0.15, 0.2) is 0 Å². The second-order valence-electron chi connectivity index (χ2n) is 8.95. The lowest BCUT2D eigenvalue weighted by Gasteiger charge is -2.36. The number of ether oxygens (including phenoxy) is 5. The summed E-state index contributed by atoms with van der Waals surface area (Å²) in [6.07, 6.45) is 7.92. The smallest absolute Gasteiger partial charge is 0.292 e. The first-order valence-corrected chi connectivity index (χ1v) is 11.4. The zero-order valence-electron chi connectivity index (χ0n) is 20.6. The van der Waals surface area contributed by atoms with Crippen molar-refractivity contribution in [2.45, 2.75) is 58.7 Å². The van der Waals surface area contributed by atoms with Crippen LogP contribution in [0.2, 0.25) is 0 Å². The standard InChI is InChI=1S/C24H30N2O4.C2H4O2/c1-23(2)27-15-19-9-5-7-17(21(19)29-23)13-25-11-12-26-14-18-8-6-10-20-16-28-24(3,4)30-22(18)20;1-4-2-3/h5,7-9,13-14H,6,10-12,15-16H2,1-4H3;2H,1H3. The van der Waals surface area contributed by atoms with E-state index in [-0.39, 0.29) is 0 Å². The van der Waals surface area contributed by atoms with Crippen molar-refractivity contribution in [2.75, 3.05) is 26.8 Å². The van der Waals surface area contributed by atoms with Gasteiger partial charge < -0.3 is 23.7 Å². The Balaban J connectivity index is 0.000000751. The predicted octanol–water partition coefficient (Wildman–Crippen LogP) is 4.37. The van der Waals surface area contributed by atoms with Crippen molar-refractivity contribution >= 4 is 18.9 Å². The van der Waals surface area contributed by atoms with E-state index in [0.717, 1.165) is 41.1 Å². The van der Waals surface area contributed by atoms with Crippen LogP contribution in [0.15, 0.2) is 51.2 Å². The largest absolute Gasteiger partial charge is 0.471 e. The lowest BCUT2D eigenvalue weighted by Crippen LogP contribution is -2.35. The Kier molecular flexibility index (Phi) is 8.63. The highest BCUT2D eigenvalue weighted by Crippen LogP contribution is 2.35. The van der Waals surface area contributed by atoms with Gasteiger partial charge in [-0.3, -0.25) is 14.8 Å². The van der Waals surface area contributed by atoms with E-state index in [1.165, 1.54) is 12.7 Å². The summed E-state index contributed by atoms with van der Waals surface area (Å²) < 4.78 is 27.3. The van der Waals surface area contributed by atoms with Gasteiger partial charge in [-0.2, -0.15) is 0 Å². The van der Waals surface area contributed by atoms with E-state index in [0.29, 0.717) is 32.8 Å². The minimum Gasteiger partial charge on any atom is -0.471 e. The molecule has 2 aliphatic heterocycles. The van der Waals surface area contributed by atoms with Crippen molar-refractivity contribution in [2.24, 2.45) is 9.98 Å². The molecule has 8 nitrogen and oxygen atoms in total. The number of nitrogens with zero attached hydrogens (tertiary/aromatic N) is 2. The molecular weight excluding hydrogens is 436 g/mol. The second-order valence-corrected chi connectivity index (χ2v) is 8.95. The number of benzene rings is 1. The zero-order valence-corrected chi connectivity index (χ0v) is 20.6. The fourth-order valence-electron chi connectivity index (χ4n) is 3.64. The summed E-state index contributed by atoms with van der Waals surface area (Å²) in [7, 11) is 1.31. The van der Waals surface area contributed by atoms with E-state index in [4.69, 9.17) is 23.7 Å². The summed E-state index contributed by atoms with van der Waals surface area (Å²) in [5, 5.41) is 0. The molecule has 34 heavy (non-hydrogen) atoms. The zero-order chi connectivity index (χ0) is 24.6. The Hall–Kier alpha value is -2.97. The van der Waals surface area contributed by atoms with Crippen LogP contribution in [0, 0.1) is 0 Å². The fraction of sp³-hybridized carbons (Fsp3) is 0.500. The van der Waals surface area contributed by atoms with E-state index < -0.39 is 11.6 Å². The number of hydrogen-bond donors (Lipinski definition) is 0. The van der Waals surface area contributed by atoms with Crippen molar-refractivity contribution in [3.05, 3.63) is 52.3 Å². The van der Waals surface area contributed by atoms with Crippen molar-refractivity contribution < 1.29 is 28.5 Å². The summed E-state index contributed by atoms with van der Waals surface area (Å²) in [5.41, 5.74) is 4.28. The number of rotatable bonds is 6. The van der Waals surface area contributed by atoms with Gasteiger partial charge in [0.1, 0.15) is 11.5 Å². The normalized spacial score (nSPS) is 20.3. The number of carbonyl (C=O) groups excluding carboxylic acids is 1. The SMILES string of the molecule is CC1(C)OCC2=C(O1)C(C=NCCN=Cc1cccc3c1OC(C)(C)OC3)=CCC2.COC=O. The molecule has 184 valence electrons. The molecule has 0 amide bonds. The highest BCUT2D eigenvalue weighted by molar-refractivity contribution is 5.85. The van der Waals surface area contributed by atoms with Gasteiger partial charge in [-0.1, -0.05) is 18.2 Å². The molecule has 1 aromatic rings. The third-order valence-electron chi connectivity index (χ3n) is 5.30. The molecule has 0 saturated carbocycles. The molecule has 0 N–H and O–H groups in total. The van der Waals surface area contributed by atoms with Crippen molar-refractivity contribution in [1.82, 2.24) is 0 Å². The molecule has 0 saturated heterocycles. The molecule has 0 bridgehead atoms. The number of aliphatic imine (C=N–C) groups is 2. The van der Waals surface area contributed by atoms with Gasteiger partial charge in [0, 0.05) is 56.8 Å². The maximum absolute atomic E-state index is 8.95. The maximum Gasteiger partial charge on any atom is 0.292 e. The predicted molar refractivity (Wildman–Crippen MR) is 130 cm³/mol. The first-order valence-electron chi connectivity index (χ1n) is 11.4. The van der Waals surface area contributed by atoms with Gasteiger partial charge in [0.2, 0.25) is 11.6 Å². The molecule has 0 aromatic heterocycles. The lowest BCUT2D eigenvalue weighted by molar-refractivity contribution is -0.198. The molecule has 4 rings (SSSR count). The number of fused-ring (bicyclic) bond motifs is 1. The number of carbonyl (C=O) groups is 1. The Morgan fingerprint density at radius 1 is 1.00 bits per heavy atom. The Morgan fingerprint density at radius 3 is 2.41 bits per heavy atom. The molecule has 0 radical (unpaired) electrons. The number of allylic oxidation sites excluding steroid dienone is 2. The number of methoxy groups -OCH3 is 1.